The molecule has 0 fully saturated rings. The maximum absolute atomic E-state index is 4.00. The third-order valence-electron chi connectivity index (χ3n) is 1.66. The van der Waals surface area contributed by atoms with Crippen LogP contribution in [0.1, 0.15) is 11.4 Å². The molecule has 0 spiro atoms. The van der Waals surface area contributed by atoms with E-state index in [9.17, 15) is 0 Å². The highest BCUT2D eigenvalue weighted by molar-refractivity contribution is 7.10. The minimum Gasteiger partial charge on any atom is -0.312 e. The third-order valence-corrected chi connectivity index (χ3v) is 2.43. The number of hydrogen-bond acceptors (Lipinski definition) is 4. The maximum Gasteiger partial charge on any atom is 0.144 e. The normalized spacial score (nSPS) is 18.0. The molecule has 1 N–H and O–H groups in total. The monoisotopic (exact) mass is 167 g/mol. The van der Waals surface area contributed by atoms with Crippen LogP contribution in [-0.4, -0.2) is 23.3 Å². The molecule has 58 valence electrons. The average molecular weight is 167 g/mol. The molecule has 1 aromatic rings. The van der Waals surface area contributed by atoms with Gasteiger partial charge in [-0.25, -0.2) is 0 Å². The van der Waals surface area contributed by atoms with Gasteiger partial charge in [-0.3, -0.25) is 0 Å². The van der Waals surface area contributed by atoms with Crippen LogP contribution in [0.4, 0.5) is 0 Å². The zero-order valence-corrected chi connectivity index (χ0v) is 6.90. The zero-order valence-electron chi connectivity index (χ0n) is 6.08. The molecular formula is C7H9N3S. The number of aromatic nitrogens is 2. The van der Waals surface area contributed by atoms with E-state index < -0.39 is 0 Å². The largest absolute Gasteiger partial charge is 0.312 e. The topological polar surface area (TPSA) is 37.8 Å². The van der Waals surface area contributed by atoms with Gasteiger partial charge in [0.1, 0.15) is 10.5 Å². The molecule has 2 heterocycles. The van der Waals surface area contributed by atoms with E-state index in [-0.39, 0.29) is 0 Å². The number of nitrogens with one attached hydrogen (secondary N) is 1. The van der Waals surface area contributed by atoms with Gasteiger partial charge >= 0.3 is 0 Å². The van der Waals surface area contributed by atoms with Crippen molar-refractivity contribution in [2.75, 3.05) is 13.1 Å². The van der Waals surface area contributed by atoms with Crippen molar-refractivity contribution in [2.24, 2.45) is 0 Å². The lowest BCUT2D eigenvalue weighted by Crippen LogP contribution is -2.21. The van der Waals surface area contributed by atoms with Gasteiger partial charge in [-0.15, -0.1) is 21.5 Å². The SMILES string of the molecule is C1=C(c2nncs2)CNCC1. The Labute approximate surface area is 69.2 Å². The smallest absolute Gasteiger partial charge is 0.144 e. The van der Waals surface area contributed by atoms with Crippen LogP contribution in [0.15, 0.2) is 11.6 Å². The highest BCUT2D eigenvalue weighted by atomic mass is 32.1. The molecule has 1 aliphatic rings. The molecule has 0 bridgehead atoms. The first-order valence-electron chi connectivity index (χ1n) is 3.63. The Kier molecular flexibility index (Phi) is 1.96. The third kappa shape index (κ3) is 1.46. The summed E-state index contributed by atoms with van der Waals surface area (Å²) in [4.78, 5) is 0. The van der Waals surface area contributed by atoms with Gasteiger partial charge in [-0.1, -0.05) is 6.08 Å². The minimum atomic E-state index is 0.940. The van der Waals surface area contributed by atoms with Crippen LogP contribution in [0.5, 0.6) is 0 Å². The number of hydrogen-bond donors (Lipinski definition) is 1. The molecule has 11 heavy (non-hydrogen) atoms. The summed E-state index contributed by atoms with van der Waals surface area (Å²) in [6.07, 6.45) is 3.34. The van der Waals surface area contributed by atoms with Crippen molar-refractivity contribution in [2.45, 2.75) is 6.42 Å². The lowest BCUT2D eigenvalue weighted by molar-refractivity contribution is 0.738. The van der Waals surface area contributed by atoms with Crippen LogP contribution in [0.2, 0.25) is 0 Å². The van der Waals surface area contributed by atoms with Crippen LogP contribution >= 0.6 is 11.3 Å². The molecule has 2 rings (SSSR count). The van der Waals surface area contributed by atoms with Gasteiger partial charge in [-0.05, 0) is 18.5 Å². The van der Waals surface area contributed by atoms with Crippen LogP contribution in [0, 0.1) is 0 Å². The van der Waals surface area contributed by atoms with Gasteiger partial charge in [0.05, 0.1) is 0 Å². The van der Waals surface area contributed by atoms with E-state index in [0.717, 1.165) is 24.5 Å². The van der Waals surface area contributed by atoms with E-state index in [1.54, 1.807) is 16.8 Å². The van der Waals surface area contributed by atoms with Gasteiger partial charge in [0.15, 0.2) is 0 Å². The standard InChI is InChI=1S/C7H9N3S/c1-2-6(4-8-3-1)7-10-9-5-11-7/h2,5,8H,1,3-4H2. The second-order valence-electron chi connectivity index (χ2n) is 2.44. The molecule has 3 nitrogen and oxygen atoms in total. The van der Waals surface area contributed by atoms with Gasteiger partial charge < -0.3 is 5.32 Å². The molecular weight excluding hydrogens is 158 g/mol. The van der Waals surface area contributed by atoms with Gasteiger partial charge in [0, 0.05) is 6.54 Å². The Morgan fingerprint density at radius 2 is 2.55 bits per heavy atom. The summed E-state index contributed by atoms with van der Waals surface area (Å²) in [5, 5.41) is 12.1. The molecule has 0 aromatic carbocycles. The van der Waals surface area contributed by atoms with Crippen molar-refractivity contribution in [3.63, 3.8) is 0 Å². The summed E-state index contributed by atoms with van der Waals surface area (Å²) in [6.45, 7) is 2.03. The Morgan fingerprint density at radius 3 is 3.18 bits per heavy atom. The van der Waals surface area contributed by atoms with Crippen LogP contribution in [-0.2, 0) is 0 Å². The van der Waals surface area contributed by atoms with Crippen molar-refractivity contribution in [3.8, 4) is 0 Å². The molecule has 0 unspecified atom stereocenters. The van der Waals surface area contributed by atoms with Crippen molar-refractivity contribution >= 4 is 16.9 Å². The van der Waals surface area contributed by atoms with E-state index >= 15 is 0 Å². The Bertz CT molecular complexity index is 253. The van der Waals surface area contributed by atoms with E-state index in [1.165, 1.54) is 5.57 Å². The summed E-state index contributed by atoms with van der Waals surface area (Å²) in [5.74, 6) is 0. The molecule has 0 radical (unpaired) electrons. The summed E-state index contributed by atoms with van der Waals surface area (Å²) < 4.78 is 0. The average Bonchev–Trinajstić information content (AvgIpc) is 2.58. The van der Waals surface area contributed by atoms with E-state index in [4.69, 9.17) is 0 Å². The molecule has 4 heteroatoms. The fourth-order valence-electron chi connectivity index (χ4n) is 1.12. The maximum atomic E-state index is 4.00. The van der Waals surface area contributed by atoms with Crippen LogP contribution in [0.25, 0.3) is 5.57 Å². The molecule has 1 aromatic heterocycles. The van der Waals surface area contributed by atoms with E-state index in [2.05, 4.69) is 21.6 Å². The second-order valence-corrected chi connectivity index (χ2v) is 3.27. The quantitative estimate of drug-likeness (QED) is 0.675. The van der Waals surface area contributed by atoms with Crippen LogP contribution in [0.3, 0.4) is 0 Å². The second kappa shape index (κ2) is 3.11. The van der Waals surface area contributed by atoms with E-state index in [0.29, 0.717) is 0 Å². The van der Waals surface area contributed by atoms with Crippen molar-refractivity contribution < 1.29 is 0 Å². The molecule has 0 amide bonds. The molecule has 0 aliphatic carbocycles. The highest BCUT2D eigenvalue weighted by Crippen LogP contribution is 2.17. The van der Waals surface area contributed by atoms with Crippen molar-refractivity contribution in [1.29, 1.82) is 0 Å². The van der Waals surface area contributed by atoms with Crippen molar-refractivity contribution in [3.05, 3.63) is 16.6 Å². The fourth-order valence-corrected chi connectivity index (χ4v) is 1.71. The Morgan fingerprint density at radius 1 is 1.55 bits per heavy atom. The summed E-state index contributed by atoms with van der Waals surface area (Å²) in [7, 11) is 0. The summed E-state index contributed by atoms with van der Waals surface area (Å²) in [5.41, 5.74) is 3.06. The predicted octanol–water partition coefficient (Wildman–Crippen LogP) is 0.915. The zero-order chi connectivity index (χ0) is 7.52. The van der Waals surface area contributed by atoms with E-state index in [1.807, 2.05) is 0 Å². The van der Waals surface area contributed by atoms with Crippen LogP contribution < -0.4 is 5.32 Å². The fraction of sp³-hybridized carbons (Fsp3) is 0.429. The van der Waals surface area contributed by atoms with Gasteiger partial charge in [-0.2, -0.15) is 0 Å². The first kappa shape index (κ1) is 6.94. The molecule has 0 atom stereocenters. The lowest BCUT2D eigenvalue weighted by Gasteiger charge is -2.10. The Hall–Kier alpha value is -0.740. The first-order chi connectivity index (χ1) is 5.47. The number of rotatable bonds is 1. The summed E-state index contributed by atoms with van der Waals surface area (Å²) in [6, 6.07) is 0. The molecule has 0 saturated heterocycles. The summed E-state index contributed by atoms with van der Waals surface area (Å²) >= 11 is 1.60. The highest BCUT2D eigenvalue weighted by Gasteiger charge is 2.07. The van der Waals surface area contributed by atoms with Gasteiger partial charge in [0.2, 0.25) is 0 Å². The lowest BCUT2D eigenvalue weighted by atomic mass is 10.2. The molecule has 0 saturated carbocycles. The Balaban J connectivity index is 2.22. The van der Waals surface area contributed by atoms with Gasteiger partial charge in [0.25, 0.3) is 0 Å². The molecule has 1 aliphatic heterocycles. The number of nitrogens with zero attached hydrogens (tertiary/aromatic N) is 2. The predicted molar refractivity (Wildman–Crippen MR) is 45.4 cm³/mol. The first-order valence-corrected chi connectivity index (χ1v) is 4.51. The minimum absolute atomic E-state index is 0.940. The van der Waals surface area contributed by atoms with Crippen molar-refractivity contribution in [1.82, 2.24) is 15.5 Å².